The van der Waals surface area contributed by atoms with E-state index in [9.17, 15) is 0 Å². The smallest absolute Gasteiger partial charge is 0.153 e. The number of aromatic nitrogens is 3. The van der Waals surface area contributed by atoms with Gasteiger partial charge in [0, 0.05) is 19.1 Å². The van der Waals surface area contributed by atoms with Gasteiger partial charge in [0.05, 0.1) is 6.04 Å². The molecule has 1 aromatic rings. The van der Waals surface area contributed by atoms with E-state index < -0.39 is 0 Å². The van der Waals surface area contributed by atoms with Crippen LogP contribution in [0.2, 0.25) is 0 Å². The van der Waals surface area contributed by atoms with Crippen LogP contribution in [0.15, 0.2) is 6.33 Å². The van der Waals surface area contributed by atoms with Gasteiger partial charge in [0.2, 0.25) is 0 Å². The second-order valence-electron chi connectivity index (χ2n) is 4.24. The van der Waals surface area contributed by atoms with Gasteiger partial charge in [-0.2, -0.15) is 5.10 Å². The molecule has 4 nitrogen and oxygen atoms in total. The van der Waals surface area contributed by atoms with Gasteiger partial charge in [-0.05, 0) is 19.3 Å². The first-order valence-corrected chi connectivity index (χ1v) is 5.80. The largest absolute Gasteiger partial charge is 0.381 e. The summed E-state index contributed by atoms with van der Waals surface area (Å²) in [5.74, 6) is 1.44. The Labute approximate surface area is 90.7 Å². The highest BCUT2D eigenvalue weighted by Crippen LogP contribution is 2.21. The summed E-state index contributed by atoms with van der Waals surface area (Å²) in [6.45, 7) is 6.04. The maximum atomic E-state index is 5.34. The third-order valence-electron chi connectivity index (χ3n) is 3.14. The molecule has 1 aromatic heterocycles. The molecule has 15 heavy (non-hydrogen) atoms. The first-order valence-electron chi connectivity index (χ1n) is 5.80. The van der Waals surface area contributed by atoms with Gasteiger partial charge in [-0.15, -0.1) is 0 Å². The van der Waals surface area contributed by atoms with Crippen molar-refractivity contribution in [1.29, 1.82) is 0 Å². The van der Waals surface area contributed by atoms with Crippen LogP contribution in [-0.2, 0) is 4.74 Å². The first-order chi connectivity index (χ1) is 7.31. The molecule has 0 radical (unpaired) electrons. The van der Waals surface area contributed by atoms with E-state index in [1.54, 1.807) is 0 Å². The van der Waals surface area contributed by atoms with E-state index in [1.165, 1.54) is 0 Å². The van der Waals surface area contributed by atoms with Crippen molar-refractivity contribution in [2.75, 3.05) is 13.2 Å². The van der Waals surface area contributed by atoms with Crippen LogP contribution in [0.5, 0.6) is 0 Å². The van der Waals surface area contributed by atoms with Crippen LogP contribution in [0.25, 0.3) is 0 Å². The molecule has 1 fully saturated rings. The van der Waals surface area contributed by atoms with Crippen LogP contribution >= 0.6 is 0 Å². The van der Waals surface area contributed by atoms with Gasteiger partial charge in [-0.3, -0.25) is 0 Å². The van der Waals surface area contributed by atoms with Gasteiger partial charge in [0.25, 0.3) is 0 Å². The Kier molecular flexibility index (Phi) is 3.36. The fraction of sp³-hybridized carbons (Fsp3) is 0.818. The number of ether oxygens (including phenoxy) is 1. The van der Waals surface area contributed by atoms with Crippen LogP contribution in [-0.4, -0.2) is 28.0 Å². The van der Waals surface area contributed by atoms with Crippen molar-refractivity contribution in [3.05, 3.63) is 12.2 Å². The minimum Gasteiger partial charge on any atom is -0.381 e. The molecule has 1 atom stereocenters. The lowest BCUT2D eigenvalue weighted by Crippen LogP contribution is -2.20. The molecular weight excluding hydrogens is 190 g/mol. The number of hydrogen-bond acceptors (Lipinski definition) is 3. The quantitative estimate of drug-likeness (QED) is 0.765. The van der Waals surface area contributed by atoms with E-state index in [0.717, 1.165) is 38.3 Å². The van der Waals surface area contributed by atoms with Crippen molar-refractivity contribution in [1.82, 2.24) is 14.8 Å². The van der Waals surface area contributed by atoms with Crippen molar-refractivity contribution >= 4 is 0 Å². The van der Waals surface area contributed by atoms with Crippen LogP contribution in [0.1, 0.15) is 50.9 Å². The van der Waals surface area contributed by atoms with Gasteiger partial charge in [0.15, 0.2) is 5.82 Å². The minimum atomic E-state index is 0.464. The molecule has 0 spiro atoms. The summed E-state index contributed by atoms with van der Waals surface area (Å²) < 4.78 is 7.35. The molecular formula is C11H19N3O. The highest BCUT2D eigenvalue weighted by molar-refractivity contribution is 4.91. The van der Waals surface area contributed by atoms with Crippen molar-refractivity contribution < 1.29 is 4.74 Å². The van der Waals surface area contributed by atoms with Crippen LogP contribution in [0, 0.1) is 0 Å². The fourth-order valence-corrected chi connectivity index (χ4v) is 1.82. The van der Waals surface area contributed by atoms with Gasteiger partial charge in [-0.25, -0.2) is 9.67 Å². The predicted molar refractivity (Wildman–Crippen MR) is 57.8 cm³/mol. The van der Waals surface area contributed by atoms with Crippen LogP contribution in [0.4, 0.5) is 0 Å². The molecule has 1 unspecified atom stereocenters. The first kappa shape index (κ1) is 10.6. The lowest BCUT2D eigenvalue weighted by Gasteiger charge is -2.21. The van der Waals surface area contributed by atoms with Gasteiger partial charge in [0.1, 0.15) is 6.33 Å². The summed E-state index contributed by atoms with van der Waals surface area (Å²) >= 11 is 0. The van der Waals surface area contributed by atoms with E-state index in [0.29, 0.717) is 12.0 Å². The summed E-state index contributed by atoms with van der Waals surface area (Å²) in [4.78, 5) is 4.37. The standard InChI is InChI=1S/C11H19N3O/c1-3-9(2)11-12-8-14(13-11)10-4-6-15-7-5-10/h8-10H,3-7H2,1-2H3. The van der Waals surface area contributed by atoms with Gasteiger partial charge < -0.3 is 4.74 Å². The van der Waals surface area contributed by atoms with E-state index in [1.807, 2.05) is 11.0 Å². The third kappa shape index (κ3) is 2.37. The average Bonchev–Trinajstić information content (AvgIpc) is 2.78. The molecule has 1 aliphatic heterocycles. The molecule has 2 rings (SSSR count). The summed E-state index contributed by atoms with van der Waals surface area (Å²) in [6, 6.07) is 0.490. The molecule has 0 amide bonds. The molecule has 4 heteroatoms. The SMILES string of the molecule is CCC(C)c1ncn(C2CCOCC2)n1. The van der Waals surface area contributed by atoms with Crippen LogP contribution in [0.3, 0.4) is 0 Å². The third-order valence-corrected chi connectivity index (χ3v) is 3.14. The zero-order valence-corrected chi connectivity index (χ0v) is 9.52. The highest BCUT2D eigenvalue weighted by atomic mass is 16.5. The number of hydrogen-bond donors (Lipinski definition) is 0. The molecule has 0 N–H and O–H groups in total. The summed E-state index contributed by atoms with van der Waals surface area (Å²) in [5.41, 5.74) is 0. The molecule has 0 bridgehead atoms. The summed E-state index contributed by atoms with van der Waals surface area (Å²) in [6.07, 6.45) is 5.09. The monoisotopic (exact) mass is 209 g/mol. The number of rotatable bonds is 3. The Morgan fingerprint density at radius 3 is 2.93 bits per heavy atom. The Morgan fingerprint density at radius 1 is 1.53 bits per heavy atom. The van der Waals surface area contributed by atoms with E-state index in [4.69, 9.17) is 4.74 Å². The molecule has 1 saturated heterocycles. The molecule has 1 aliphatic rings. The normalized spacial score (nSPS) is 20.4. The lowest BCUT2D eigenvalue weighted by atomic mass is 10.1. The van der Waals surface area contributed by atoms with Crippen molar-refractivity contribution in [3.63, 3.8) is 0 Å². The Hall–Kier alpha value is -0.900. The predicted octanol–water partition coefficient (Wildman–Crippen LogP) is 2.14. The molecule has 2 heterocycles. The Morgan fingerprint density at radius 2 is 2.27 bits per heavy atom. The Bertz CT molecular complexity index is 305. The minimum absolute atomic E-state index is 0.464. The highest BCUT2D eigenvalue weighted by Gasteiger charge is 2.18. The topological polar surface area (TPSA) is 39.9 Å². The number of nitrogens with zero attached hydrogens (tertiary/aromatic N) is 3. The van der Waals surface area contributed by atoms with Crippen molar-refractivity contribution in [3.8, 4) is 0 Å². The van der Waals surface area contributed by atoms with E-state index in [-0.39, 0.29) is 0 Å². The fourth-order valence-electron chi connectivity index (χ4n) is 1.82. The molecule has 84 valence electrons. The Balaban J connectivity index is 2.05. The molecule has 0 aliphatic carbocycles. The van der Waals surface area contributed by atoms with E-state index >= 15 is 0 Å². The molecule has 0 aromatic carbocycles. The van der Waals surface area contributed by atoms with Gasteiger partial charge in [-0.1, -0.05) is 13.8 Å². The van der Waals surface area contributed by atoms with Gasteiger partial charge >= 0.3 is 0 Å². The van der Waals surface area contributed by atoms with E-state index in [2.05, 4.69) is 23.9 Å². The van der Waals surface area contributed by atoms with Crippen molar-refractivity contribution in [2.45, 2.75) is 45.1 Å². The summed E-state index contributed by atoms with van der Waals surface area (Å²) in [7, 11) is 0. The van der Waals surface area contributed by atoms with Crippen molar-refractivity contribution in [2.24, 2.45) is 0 Å². The maximum Gasteiger partial charge on any atom is 0.153 e. The second-order valence-corrected chi connectivity index (χ2v) is 4.24. The zero-order chi connectivity index (χ0) is 10.7. The maximum absolute atomic E-state index is 5.34. The second kappa shape index (κ2) is 4.75. The summed E-state index contributed by atoms with van der Waals surface area (Å²) in [5, 5.41) is 4.55. The zero-order valence-electron chi connectivity index (χ0n) is 9.52. The lowest BCUT2D eigenvalue weighted by molar-refractivity contribution is 0.0660. The molecule has 0 saturated carbocycles. The van der Waals surface area contributed by atoms with Crippen LogP contribution < -0.4 is 0 Å². The average molecular weight is 209 g/mol.